The molecule has 3 rings (SSSR count). The van der Waals surface area contributed by atoms with Crippen LogP contribution in [-0.4, -0.2) is 22.7 Å². The SMILES string of the molecule is CCOc1nc(C(F)(F)F)c2n1CCNC2CCc1ccc(C(F)(F)F)cc1. The first-order chi connectivity index (χ1) is 13.1. The second-order valence-corrected chi connectivity index (χ2v) is 6.45. The molecular formula is C18H19F6N3O. The van der Waals surface area contributed by atoms with E-state index in [1.807, 2.05) is 0 Å². The molecule has 0 radical (unpaired) electrons. The number of benzene rings is 1. The molecule has 0 saturated heterocycles. The first-order valence-electron chi connectivity index (χ1n) is 8.81. The van der Waals surface area contributed by atoms with E-state index in [4.69, 9.17) is 4.74 Å². The van der Waals surface area contributed by atoms with Gasteiger partial charge in [-0.1, -0.05) is 12.1 Å². The van der Waals surface area contributed by atoms with Gasteiger partial charge in [0, 0.05) is 13.1 Å². The number of rotatable bonds is 5. The van der Waals surface area contributed by atoms with Crippen LogP contribution in [0.1, 0.15) is 41.9 Å². The third-order valence-electron chi connectivity index (χ3n) is 4.57. The molecule has 2 aromatic rings. The van der Waals surface area contributed by atoms with Gasteiger partial charge in [-0.05, 0) is 37.5 Å². The number of aryl methyl sites for hydroxylation is 1. The summed E-state index contributed by atoms with van der Waals surface area (Å²) >= 11 is 0. The summed E-state index contributed by atoms with van der Waals surface area (Å²) in [6.07, 6.45) is -8.45. The van der Waals surface area contributed by atoms with Gasteiger partial charge in [0.05, 0.1) is 23.9 Å². The predicted molar refractivity (Wildman–Crippen MR) is 88.9 cm³/mol. The van der Waals surface area contributed by atoms with E-state index < -0.39 is 29.7 Å². The molecule has 0 spiro atoms. The summed E-state index contributed by atoms with van der Waals surface area (Å²) < 4.78 is 85.0. The predicted octanol–water partition coefficient (Wildman–Crippen LogP) is 4.60. The summed E-state index contributed by atoms with van der Waals surface area (Å²) in [4.78, 5) is 3.65. The lowest BCUT2D eigenvalue weighted by molar-refractivity contribution is -0.142. The van der Waals surface area contributed by atoms with Gasteiger partial charge in [0.15, 0.2) is 5.69 Å². The zero-order valence-corrected chi connectivity index (χ0v) is 15.0. The highest BCUT2D eigenvalue weighted by molar-refractivity contribution is 5.29. The van der Waals surface area contributed by atoms with Gasteiger partial charge in [-0.2, -0.15) is 31.3 Å². The number of hydrogen-bond donors (Lipinski definition) is 1. The Labute approximate surface area is 157 Å². The van der Waals surface area contributed by atoms with Crippen LogP contribution in [0.5, 0.6) is 6.01 Å². The number of imidazole rings is 1. The highest BCUT2D eigenvalue weighted by Gasteiger charge is 2.42. The van der Waals surface area contributed by atoms with Gasteiger partial charge in [0.25, 0.3) is 6.01 Å². The van der Waals surface area contributed by atoms with Crippen molar-refractivity contribution in [3.8, 4) is 6.01 Å². The van der Waals surface area contributed by atoms with Crippen molar-refractivity contribution in [1.29, 1.82) is 0 Å². The van der Waals surface area contributed by atoms with Gasteiger partial charge in [-0.15, -0.1) is 0 Å². The van der Waals surface area contributed by atoms with E-state index in [0.717, 1.165) is 12.1 Å². The molecule has 28 heavy (non-hydrogen) atoms. The minimum atomic E-state index is -4.63. The van der Waals surface area contributed by atoms with E-state index in [2.05, 4.69) is 10.3 Å². The van der Waals surface area contributed by atoms with Crippen molar-refractivity contribution in [1.82, 2.24) is 14.9 Å². The summed E-state index contributed by atoms with van der Waals surface area (Å²) in [5.41, 5.74) is -1.12. The highest BCUT2D eigenvalue weighted by atomic mass is 19.4. The topological polar surface area (TPSA) is 39.1 Å². The summed E-state index contributed by atoms with van der Waals surface area (Å²) in [6, 6.07) is 3.95. The van der Waals surface area contributed by atoms with Crippen molar-refractivity contribution in [2.75, 3.05) is 13.2 Å². The fraction of sp³-hybridized carbons (Fsp3) is 0.500. The van der Waals surface area contributed by atoms with Gasteiger partial charge in [-0.25, -0.2) is 0 Å². The Hall–Kier alpha value is -2.23. The van der Waals surface area contributed by atoms with Gasteiger partial charge in [0.1, 0.15) is 0 Å². The summed E-state index contributed by atoms with van der Waals surface area (Å²) in [5, 5.41) is 3.05. The zero-order valence-electron chi connectivity index (χ0n) is 15.0. The molecule has 1 aliphatic heterocycles. The lowest BCUT2D eigenvalue weighted by Gasteiger charge is -2.27. The monoisotopic (exact) mass is 407 g/mol. The second-order valence-electron chi connectivity index (χ2n) is 6.45. The number of nitrogens with zero attached hydrogens (tertiary/aromatic N) is 2. The molecule has 10 heteroatoms. The lowest BCUT2D eigenvalue weighted by Crippen LogP contribution is -2.35. The van der Waals surface area contributed by atoms with Gasteiger partial charge in [0.2, 0.25) is 0 Å². The summed E-state index contributed by atoms with van der Waals surface area (Å²) in [6.45, 7) is 2.60. The molecular weight excluding hydrogens is 388 g/mol. The van der Waals surface area contributed by atoms with Crippen LogP contribution in [0.15, 0.2) is 24.3 Å². The number of aromatic nitrogens is 2. The molecule has 2 heterocycles. The van der Waals surface area contributed by atoms with E-state index in [1.165, 1.54) is 16.7 Å². The normalized spacial score (nSPS) is 17.5. The molecule has 0 fully saturated rings. The van der Waals surface area contributed by atoms with Crippen molar-refractivity contribution in [2.45, 2.75) is 44.7 Å². The first-order valence-corrected chi connectivity index (χ1v) is 8.81. The maximum atomic E-state index is 13.5. The van der Waals surface area contributed by atoms with Crippen molar-refractivity contribution in [3.63, 3.8) is 0 Å². The fourth-order valence-corrected chi connectivity index (χ4v) is 3.32. The van der Waals surface area contributed by atoms with E-state index in [9.17, 15) is 26.3 Å². The molecule has 0 saturated carbocycles. The third kappa shape index (κ3) is 4.26. The van der Waals surface area contributed by atoms with Crippen molar-refractivity contribution in [3.05, 3.63) is 46.8 Å². The number of ether oxygens (including phenoxy) is 1. The molecule has 1 unspecified atom stereocenters. The Morgan fingerprint density at radius 1 is 1.11 bits per heavy atom. The van der Waals surface area contributed by atoms with E-state index in [1.54, 1.807) is 6.92 Å². The second kappa shape index (κ2) is 7.65. The van der Waals surface area contributed by atoms with E-state index in [-0.39, 0.29) is 24.7 Å². The summed E-state index contributed by atoms with van der Waals surface area (Å²) in [5.74, 6) is 0. The lowest BCUT2D eigenvalue weighted by atomic mass is 9.99. The standard InChI is InChI=1S/C18H19F6N3O/c1-2-28-16-26-15(18(22,23)24)14-13(25-9-10-27(14)16)8-5-11-3-6-12(7-4-11)17(19,20)21/h3-4,6-7,13,25H,2,5,8-10H2,1H3. The van der Waals surface area contributed by atoms with Gasteiger partial charge < -0.3 is 10.1 Å². The Morgan fingerprint density at radius 3 is 2.36 bits per heavy atom. The number of hydrogen-bond acceptors (Lipinski definition) is 3. The maximum absolute atomic E-state index is 13.5. The van der Waals surface area contributed by atoms with E-state index >= 15 is 0 Å². The molecule has 0 aliphatic carbocycles. The molecule has 1 aromatic heterocycles. The molecule has 4 nitrogen and oxygen atoms in total. The molecule has 0 bridgehead atoms. The number of alkyl halides is 6. The van der Waals surface area contributed by atoms with Crippen molar-refractivity contribution in [2.24, 2.45) is 0 Å². The van der Waals surface area contributed by atoms with Crippen LogP contribution in [0.3, 0.4) is 0 Å². The molecule has 1 N–H and O–H groups in total. The Balaban J connectivity index is 1.82. The largest absolute Gasteiger partial charge is 0.465 e. The fourth-order valence-electron chi connectivity index (χ4n) is 3.32. The van der Waals surface area contributed by atoms with Crippen LogP contribution in [0.2, 0.25) is 0 Å². The van der Waals surface area contributed by atoms with Crippen LogP contribution < -0.4 is 10.1 Å². The van der Waals surface area contributed by atoms with Crippen LogP contribution in [-0.2, 0) is 25.3 Å². The van der Waals surface area contributed by atoms with Gasteiger partial charge in [-0.3, -0.25) is 4.57 Å². The van der Waals surface area contributed by atoms with Crippen molar-refractivity contribution >= 4 is 0 Å². The van der Waals surface area contributed by atoms with Crippen LogP contribution in [0, 0.1) is 0 Å². The quantitative estimate of drug-likeness (QED) is 0.737. The average Bonchev–Trinajstić information content (AvgIpc) is 3.00. The minimum Gasteiger partial charge on any atom is -0.465 e. The van der Waals surface area contributed by atoms with Crippen LogP contribution in [0.4, 0.5) is 26.3 Å². The van der Waals surface area contributed by atoms with Gasteiger partial charge >= 0.3 is 12.4 Å². The molecule has 1 aromatic carbocycles. The zero-order chi connectivity index (χ0) is 20.5. The molecule has 1 atom stereocenters. The number of nitrogens with one attached hydrogen (secondary N) is 1. The maximum Gasteiger partial charge on any atom is 0.435 e. The molecule has 154 valence electrons. The van der Waals surface area contributed by atoms with Crippen LogP contribution >= 0.6 is 0 Å². The first kappa shape index (κ1) is 20.5. The Bertz CT molecular complexity index is 810. The van der Waals surface area contributed by atoms with Crippen LogP contribution in [0.25, 0.3) is 0 Å². The minimum absolute atomic E-state index is 0.00844. The molecule has 0 amide bonds. The third-order valence-corrected chi connectivity index (χ3v) is 4.57. The van der Waals surface area contributed by atoms with Crippen molar-refractivity contribution < 1.29 is 31.1 Å². The highest BCUT2D eigenvalue weighted by Crippen LogP contribution is 2.39. The average molecular weight is 407 g/mol. The summed E-state index contributed by atoms with van der Waals surface area (Å²) in [7, 11) is 0. The number of fused-ring (bicyclic) bond motifs is 1. The Kier molecular flexibility index (Phi) is 5.60. The Morgan fingerprint density at radius 2 is 1.79 bits per heavy atom. The van der Waals surface area contributed by atoms with E-state index in [0.29, 0.717) is 25.1 Å². The number of halogens is 6. The molecule has 1 aliphatic rings. The smallest absolute Gasteiger partial charge is 0.435 e.